The van der Waals surface area contributed by atoms with Gasteiger partial charge >= 0.3 is 0 Å². The number of benzene rings is 1. The summed E-state index contributed by atoms with van der Waals surface area (Å²) in [6.07, 6.45) is 0. The van der Waals surface area contributed by atoms with Gasteiger partial charge in [-0.05, 0) is 46.9 Å². The van der Waals surface area contributed by atoms with Crippen molar-refractivity contribution in [3.8, 4) is 11.6 Å². The summed E-state index contributed by atoms with van der Waals surface area (Å²) in [5, 5.41) is 0. The van der Waals surface area contributed by atoms with Gasteiger partial charge in [0.05, 0.1) is 0 Å². The van der Waals surface area contributed by atoms with Crippen LogP contribution in [-0.2, 0) is 5.41 Å². The molecule has 4 nitrogen and oxygen atoms in total. The smallest absolute Gasteiger partial charge is 0.224 e. The summed E-state index contributed by atoms with van der Waals surface area (Å²) in [7, 11) is 0. The highest BCUT2D eigenvalue weighted by molar-refractivity contribution is 14.1. The van der Waals surface area contributed by atoms with Crippen LogP contribution in [0.5, 0.6) is 11.6 Å². The van der Waals surface area contributed by atoms with Crippen molar-refractivity contribution in [1.82, 2.24) is 9.97 Å². The molecule has 0 saturated carbocycles. The van der Waals surface area contributed by atoms with Crippen LogP contribution < -0.4 is 10.5 Å². The van der Waals surface area contributed by atoms with E-state index in [1.54, 1.807) is 6.07 Å². The maximum atomic E-state index is 5.80. The first-order chi connectivity index (χ1) is 8.84. The van der Waals surface area contributed by atoms with Crippen molar-refractivity contribution in [3.05, 3.63) is 39.7 Å². The van der Waals surface area contributed by atoms with Gasteiger partial charge in [-0.1, -0.05) is 20.8 Å². The van der Waals surface area contributed by atoms with E-state index in [1.807, 2.05) is 45.0 Å². The van der Waals surface area contributed by atoms with E-state index in [9.17, 15) is 0 Å². The number of rotatable bonds is 2. The predicted molar refractivity (Wildman–Crippen MR) is 84.4 cm³/mol. The average molecular weight is 369 g/mol. The first-order valence-corrected chi connectivity index (χ1v) is 7.01. The first-order valence-electron chi connectivity index (χ1n) is 5.93. The lowest BCUT2D eigenvalue weighted by molar-refractivity contribution is 0.446. The zero-order valence-corrected chi connectivity index (χ0v) is 13.3. The lowest BCUT2D eigenvalue weighted by Crippen LogP contribution is -2.17. The Morgan fingerprint density at radius 2 is 1.74 bits per heavy atom. The Kier molecular flexibility index (Phi) is 3.93. The van der Waals surface area contributed by atoms with E-state index in [0.717, 1.165) is 9.32 Å². The van der Waals surface area contributed by atoms with Gasteiger partial charge in [-0.25, -0.2) is 4.98 Å². The monoisotopic (exact) mass is 369 g/mol. The summed E-state index contributed by atoms with van der Waals surface area (Å²) in [4.78, 5) is 8.65. The molecule has 0 aliphatic rings. The molecule has 0 aliphatic heterocycles. The molecular weight excluding hydrogens is 353 g/mol. The topological polar surface area (TPSA) is 61.0 Å². The maximum absolute atomic E-state index is 5.80. The highest BCUT2D eigenvalue weighted by Crippen LogP contribution is 2.25. The number of nitrogens with two attached hydrogens (primary N) is 1. The first kappa shape index (κ1) is 14.0. The molecule has 0 amide bonds. The minimum absolute atomic E-state index is 0.167. The van der Waals surface area contributed by atoms with Gasteiger partial charge in [0.15, 0.2) is 0 Å². The van der Waals surface area contributed by atoms with Crippen LogP contribution in [0.3, 0.4) is 0 Å². The maximum Gasteiger partial charge on any atom is 0.224 e. The Labute approximate surface area is 126 Å². The van der Waals surface area contributed by atoms with Crippen molar-refractivity contribution in [2.75, 3.05) is 5.73 Å². The van der Waals surface area contributed by atoms with Crippen LogP contribution in [0.25, 0.3) is 0 Å². The fraction of sp³-hybridized carbons (Fsp3) is 0.286. The summed E-state index contributed by atoms with van der Waals surface area (Å²) < 4.78 is 6.87. The van der Waals surface area contributed by atoms with Crippen LogP contribution >= 0.6 is 22.6 Å². The molecule has 0 atom stereocenters. The summed E-state index contributed by atoms with van der Waals surface area (Å²) in [6, 6.07) is 9.39. The van der Waals surface area contributed by atoms with Crippen LogP contribution in [-0.4, -0.2) is 9.97 Å². The molecule has 2 N–H and O–H groups in total. The molecule has 1 heterocycles. The summed E-state index contributed by atoms with van der Waals surface area (Å²) in [5.41, 5.74) is 5.63. The second kappa shape index (κ2) is 5.32. The molecule has 0 saturated heterocycles. The number of nitrogens with zero attached hydrogens (tertiary/aromatic N) is 2. The van der Waals surface area contributed by atoms with Crippen LogP contribution in [0.1, 0.15) is 26.6 Å². The molecule has 0 fully saturated rings. The summed E-state index contributed by atoms with van der Waals surface area (Å²) in [5.74, 6) is 2.30. The second-order valence-electron chi connectivity index (χ2n) is 5.26. The quantitative estimate of drug-likeness (QED) is 0.819. The normalized spacial score (nSPS) is 11.4. The van der Waals surface area contributed by atoms with Crippen molar-refractivity contribution in [2.45, 2.75) is 26.2 Å². The average Bonchev–Trinajstić information content (AvgIpc) is 2.30. The van der Waals surface area contributed by atoms with Crippen molar-refractivity contribution < 1.29 is 4.74 Å². The van der Waals surface area contributed by atoms with E-state index >= 15 is 0 Å². The van der Waals surface area contributed by atoms with Crippen molar-refractivity contribution in [2.24, 2.45) is 0 Å². The van der Waals surface area contributed by atoms with Crippen LogP contribution in [0.4, 0.5) is 5.82 Å². The Morgan fingerprint density at radius 1 is 1.11 bits per heavy atom. The molecule has 5 heteroatoms. The molecule has 2 rings (SSSR count). The van der Waals surface area contributed by atoms with E-state index in [2.05, 4.69) is 32.6 Å². The van der Waals surface area contributed by atoms with Gasteiger partial charge in [0.25, 0.3) is 0 Å². The van der Waals surface area contributed by atoms with Gasteiger partial charge in [0, 0.05) is 15.1 Å². The molecular formula is C14H16IN3O. The number of anilines is 1. The van der Waals surface area contributed by atoms with E-state index in [0.29, 0.717) is 17.5 Å². The van der Waals surface area contributed by atoms with Gasteiger partial charge in [-0.2, -0.15) is 4.98 Å². The zero-order chi connectivity index (χ0) is 14.0. The molecule has 19 heavy (non-hydrogen) atoms. The standard InChI is InChI=1S/C14H16IN3O/c1-14(2,3)13-17-11(16)8-12(18-13)19-10-6-4-9(15)5-7-10/h4-8H,1-3H3,(H2,16,17,18). The minimum atomic E-state index is -0.167. The van der Waals surface area contributed by atoms with Gasteiger partial charge < -0.3 is 10.5 Å². The third-order valence-electron chi connectivity index (χ3n) is 2.43. The van der Waals surface area contributed by atoms with Crippen molar-refractivity contribution in [3.63, 3.8) is 0 Å². The lowest BCUT2D eigenvalue weighted by Gasteiger charge is -2.17. The van der Waals surface area contributed by atoms with Gasteiger partial charge in [0.2, 0.25) is 5.88 Å². The minimum Gasteiger partial charge on any atom is -0.439 e. The third-order valence-corrected chi connectivity index (χ3v) is 3.15. The van der Waals surface area contributed by atoms with Crippen LogP contribution in [0.2, 0.25) is 0 Å². The Hall–Kier alpha value is -1.37. The number of hydrogen-bond acceptors (Lipinski definition) is 4. The molecule has 0 unspecified atom stereocenters. The van der Waals surface area contributed by atoms with E-state index in [4.69, 9.17) is 10.5 Å². The van der Waals surface area contributed by atoms with E-state index in [1.165, 1.54) is 0 Å². The SMILES string of the molecule is CC(C)(C)c1nc(N)cc(Oc2ccc(I)cc2)n1. The molecule has 2 aromatic rings. The fourth-order valence-electron chi connectivity index (χ4n) is 1.45. The fourth-order valence-corrected chi connectivity index (χ4v) is 1.81. The van der Waals surface area contributed by atoms with Crippen molar-refractivity contribution >= 4 is 28.4 Å². The lowest BCUT2D eigenvalue weighted by atomic mass is 9.96. The molecule has 0 bridgehead atoms. The van der Waals surface area contributed by atoms with Gasteiger partial charge in [0.1, 0.15) is 17.4 Å². The highest BCUT2D eigenvalue weighted by Gasteiger charge is 2.19. The molecule has 1 aromatic carbocycles. The number of nitrogen functional groups attached to an aromatic ring is 1. The number of aromatic nitrogens is 2. The molecule has 1 aromatic heterocycles. The van der Waals surface area contributed by atoms with E-state index < -0.39 is 0 Å². The van der Waals surface area contributed by atoms with Gasteiger partial charge in [-0.15, -0.1) is 0 Å². The molecule has 0 spiro atoms. The molecule has 0 radical (unpaired) electrons. The summed E-state index contributed by atoms with van der Waals surface area (Å²) in [6.45, 7) is 6.11. The highest BCUT2D eigenvalue weighted by atomic mass is 127. The summed E-state index contributed by atoms with van der Waals surface area (Å²) >= 11 is 2.25. The van der Waals surface area contributed by atoms with Crippen LogP contribution in [0, 0.1) is 3.57 Å². The van der Waals surface area contributed by atoms with Crippen molar-refractivity contribution in [1.29, 1.82) is 0 Å². The Morgan fingerprint density at radius 3 is 2.32 bits per heavy atom. The van der Waals surface area contributed by atoms with Crippen LogP contribution in [0.15, 0.2) is 30.3 Å². The number of halogens is 1. The van der Waals surface area contributed by atoms with Gasteiger partial charge in [-0.3, -0.25) is 0 Å². The number of ether oxygens (including phenoxy) is 1. The second-order valence-corrected chi connectivity index (χ2v) is 6.51. The molecule has 0 aliphatic carbocycles. The molecule has 100 valence electrons. The Balaban J connectivity index is 2.30. The predicted octanol–water partition coefficient (Wildman–Crippen LogP) is 3.75. The largest absolute Gasteiger partial charge is 0.439 e. The third kappa shape index (κ3) is 3.79. The number of hydrogen-bond donors (Lipinski definition) is 1. The Bertz CT molecular complexity index is 576. The zero-order valence-electron chi connectivity index (χ0n) is 11.1. The van der Waals surface area contributed by atoms with E-state index in [-0.39, 0.29) is 5.41 Å².